The summed E-state index contributed by atoms with van der Waals surface area (Å²) in [6.45, 7) is 23.5. The SMILES string of the molecule is C=C(/C=C/[C@@H](C)[C@H]1CC[C@H]2C3=CC=C4CC(O[Si](C)(C)C)CC[C@]4(C)[C@H]3CC[C@]12C)C(C)C. The molecule has 4 rings (SSSR count). The van der Waals surface area contributed by atoms with Crippen LogP contribution in [-0.4, -0.2) is 14.4 Å². The van der Waals surface area contributed by atoms with E-state index < -0.39 is 8.32 Å². The molecule has 0 N–H and O–H groups in total. The Morgan fingerprint density at radius 3 is 2.42 bits per heavy atom. The molecule has 2 heteroatoms. The average molecular weight is 467 g/mol. The van der Waals surface area contributed by atoms with Crippen LogP contribution in [0, 0.1) is 40.4 Å². The molecule has 3 saturated carbocycles. The van der Waals surface area contributed by atoms with Crippen molar-refractivity contribution < 1.29 is 4.43 Å². The number of rotatable bonds is 6. The third-order valence-electron chi connectivity index (χ3n) is 10.1. The Labute approximate surface area is 206 Å². The van der Waals surface area contributed by atoms with E-state index in [2.05, 4.69) is 85.1 Å². The van der Waals surface area contributed by atoms with Crippen LogP contribution in [-0.2, 0) is 4.43 Å². The third-order valence-corrected chi connectivity index (χ3v) is 11.1. The number of hydrogen-bond donors (Lipinski definition) is 0. The minimum Gasteiger partial charge on any atom is -0.414 e. The van der Waals surface area contributed by atoms with Gasteiger partial charge >= 0.3 is 0 Å². The van der Waals surface area contributed by atoms with Crippen molar-refractivity contribution in [3.63, 3.8) is 0 Å². The molecule has 1 nitrogen and oxygen atoms in total. The molecule has 4 aliphatic carbocycles. The molecule has 0 aliphatic heterocycles. The van der Waals surface area contributed by atoms with E-state index in [1.807, 2.05) is 5.57 Å². The van der Waals surface area contributed by atoms with E-state index in [9.17, 15) is 0 Å². The van der Waals surface area contributed by atoms with Gasteiger partial charge in [0.25, 0.3) is 0 Å². The molecule has 184 valence electrons. The van der Waals surface area contributed by atoms with Crippen LogP contribution >= 0.6 is 0 Å². The van der Waals surface area contributed by atoms with Crippen molar-refractivity contribution >= 4 is 8.32 Å². The first-order valence-corrected chi connectivity index (χ1v) is 17.2. The van der Waals surface area contributed by atoms with Crippen LogP contribution in [0.25, 0.3) is 0 Å². The molecule has 0 aromatic heterocycles. The predicted octanol–water partition coefficient (Wildman–Crippen LogP) is 9.11. The summed E-state index contributed by atoms with van der Waals surface area (Å²) >= 11 is 0. The van der Waals surface area contributed by atoms with Gasteiger partial charge in [0.2, 0.25) is 0 Å². The quantitative estimate of drug-likeness (QED) is 0.280. The average Bonchev–Trinajstić information content (AvgIpc) is 3.08. The standard InChI is InChI=1S/C31H50OSi/c1-21(2)22(3)10-11-23(4)27-14-15-28-26-13-12-24-20-25(32-33(7,8)9)16-18-30(24,5)29(26)17-19-31(27,28)6/h10-13,21,23,25,27-29H,3,14-20H2,1-2,4-9H3/b11-10+/t23-,25?,27-,28+,29+,30+,31-/m1/s1. The predicted molar refractivity (Wildman–Crippen MR) is 146 cm³/mol. The first-order valence-electron chi connectivity index (χ1n) is 13.8. The molecule has 7 atom stereocenters. The summed E-state index contributed by atoms with van der Waals surface area (Å²) in [7, 11) is -1.48. The second-order valence-electron chi connectivity index (χ2n) is 13.7. The first-order chi connectivity index (χ1) is 15.3. The van der Waals surface area contributed by atoms with Crippen molar-refractivity contribution in [2.45, 2.75) is 105 Å². The fraction of sp³-hybridized carbons (Fsp3) is 0.742. The molecule has 33 heavy (non-hydrogen) atoms. The van der Waals surface area contributed by atoms with Crippen LogP contribution in [0.2, 0.25) is 19.6 Å². The first kappa shape index (κ1) is 25.2. The van der Waals surface area contributed by atoms with Gasteiger partial charge in [-0.15, -0.1) is 0 Å². The van der Waals surface area contributed by atoms with Gasteiger partial charge in [-0.1, -0.05) is 82.2 Å². The van der Waals surface area contributed by atoms with Gasteiger partial charge in [-0.05, 0) is 105 Å². The van der Waals surface area contributed by atoms with E-state index in [4.69, 9.17) is 4.43 Å². The zero-order valence-electron chi connectivity index (χ0n) is 22.8. The molecule has 0 radical (unpaired) electrons. The summed E-state index contributed by atoms with van der Waals surface area (Å²) in [6, 6.07) is 0. The van der Waals surface area contributed by atoms with Crippen molar-refractivity contribution in [1.29, 1.82) is 0 Å². The van der Waals surface area contributed by atoms with E-state index in [1.165, 1.54) is 44.1 Å². The summed E-state index contributed by atoms with van der Waals surface area (Å²) < 4.78 is 6.55. The number of hydrogen-bond acceptors (Lipinski definition) is 1. The van der Waals surface area contributed by atoms with Crippen LogP contribution in [0.3, 0.4) is 0 Å². The zero-order valence-corrected chi connectivity index (χ0v) is 23.8. The van der Waals surface area contributed by atoms with Gasteiger partial charge in [-0.3, -0.25) is 0 Å². The molecule has 3 fully saturated rings. The van der Waals surface area contributed by atoms with Crippen molar-refractivity contribution in [1.82, 2.24) is 0 Å². The van der Waals surface area contributed by atoms with Crippen molar-refractivity contribution in [3.05, 3.63) is 47.6 Å². The Balaban J connectivity index is 1.54. The Kier molecular flexibility index (Phi) is 6.86. The van der Waals surface area contributed by atoms with Crippen molar-refractivity contribution in [2.75, 3.05) is 0 Å². The molecule has 0 bridgehead atoms. The maximum Gasteiger partial charge on any atom is 0.184 e. The Bertz CT molecular complexity index is 855. The fourth-order valence-electron chi connectivity index (χ4n) is 8.08. The number of allylic oxidation sites excluding steroid dienone is 6. The minimum absolute atomic E-state index is 0.364. The molecule has 0 amide bonds. The highest BCUT2D eigenvalue weighted by atomic mass is 28.4. The lowest BCUT2D eigenvalue weighted by molar-refractivity contribution is 0.0418. The van der Waals surface area contributed by atoms with Crippen molar-refractivity contribution in [3.8, 4) is 0 Å². The van der Waals surface area contributed by atoms with Gasteiger partial charge in [0.1, 0.15) is 0 Å². The van der Waals surface area contributed by atoms with E-state index in [0.29, 0.717) is 28.8 Å². The maximum atomic E-state index is 6.55. The topological polar surface area (TPSA) is 9.23 Å². The van der Waals surface area contributed by atoms with Crippen LogP contribution in [0.5, 0.6) is 0 Å². The van der Waals surface area contributed by atoms with Crippen LogP contribution in [0.4, 0.5) is 0 Å². The molecular weight excluding hydrogens is 416 g/mol. The highest BCUT2D eigenvalue weighted by molar-refractivity contribution is 6.69. The van der Waals surface area contributed by atoms with Gasteiger partial charge in [-0.2, -0.15) is 0 Å². The molecular formula is C31H50OSi. The molecule has 0 aromatic rings. The number of fused-ring (bicyclic) bond motifs is 5. The minimum atomic E-state index is -1.48. The van der Waals surface area contributed by atoms with E-state index in [1.54, 1.807) is 5.57 Å². The van der Waals surface area contributed by atoms with E-state index in [0.717, 1.165) is 24.2 Å². The Hall–Kier alpha value is -0.863. The molecule has 1 unspecified atom stereocenters. The monoisotopic (exact) mass is 466 g/mol. The van der Waals surface area contributed by atoms with E-state index >= 15 is 0 Å². The maximum absolute atomic E-state index is 6.55. The van der Waals surface area contributed by atoms with Crippen molar-refractivity contribution in [2.24, 2.45) is 40.4 Å². The summed E-state index contributed by atoms with van der Waals surface area (Å²) in [4.78, 5) is 0. The molecule has 0 aromatic carbocycles. The normalized spacial score (nSPS) is 39.5. The largest absolute Gasteiger partial charge is 0.414 e. The summed E-state index contributed by atoms with van der Waals surface area (Å²) in [5, 5.41) is 0. The van der Waals surface area contributed by atoms with Crippen LogP contribution in [0.1, 0.15) is 79.6 Å². The summed E-state index contributed by atoms with van der Waals surface area (Å²) in [5.41, 5.74) is 5.57. The smallest absolute Gasteiger partial charge is 0.184 e. The second kappa shape index (κ2) is 8.97. The molecule has 0 saturated heterocycles. The van der Waals surface area contributed by atoms with Gasteiger partial charge in [-0.25, -0.2) is 0 Å². The summed E-state index contributed by atoms with van der Waals surface area (Å²) in [5.74, 6) is 3.49. The molecule has 0 spiro atoms. The molecule has 0 heterocycles. The van der Waals surface area contributed by atoms with Crippen LogP contribution < -0.4 is 0 Å². The van der Waals surface area contributed by atoms with Crippen LogP contribution in [0.15, 0.2) is 47.6 Å². The van der Waals surface area contributed by atoms with E-state index in [-0.39, 0.29) is 0 Å². The Morgan fingerprint density at radius 2 is 1.76 bits per heavy atom. The van der Waals surface area contributed by atoms with Gasteiger partial charge < -0.3 is 4.43 Å². The zero-order chi connectivity index (χ0) is 24.2. The lowest BCUT2D eigenvalue weighted by Gasteiger charge is -2.55. The highest BCUT2D eigenvalue weighted by Gasteiger charge is 2.56. The summed E-state index contributed by atoms with van der Waals surface area (Å²) in [6.07, 6.45) is 19.6. The van der Waals surface area contributed by atoms with Gasteiger partial charge in [0, 0.05) is 6.10 Å². The van der Waals surface area contributed by atoms with Gasteiger partial charge in [0.15, 0.2) is 8.32 Å². The molecule has 4 aliphatic rings. The Morgan fingerprint density at radius 1 is 1.03 bits per heavy atom. The highest BCUT2D eigenvalue weighted by Crippen LogP contribution is 2.66. The second-order valence-corrected chi connectivity index (χ2v) is 18.1. The lowest BCUT2D eigenvalue weighted by atomic mass is 9.50. The third kappa shape index (κ3) is 4.68. The van der Waals surface area contributed by atoms with Gasteiger partial charge in [0.05, 0.1) is 0 Å². The lowest BCUT2D eigenvalue weighted by Crippen LogP contribution is -2.47. The fourth-order valence-corrected chi connectivity index (χ4v) is 9.28.